The highest BCUT2D eigenvalue weighted by Crippen LogP contribution is 2.30. The van der Waals surface area contributed by atoms with Gasteiger partial charge in [-0.1, -0.05) is 0 Å². The lowest BCUT2D eigenvalue weighted by molar-refractivity contribution is -0.141. The molecule has 0 fully saturated rings. The quantitative estimate of drug-likeness (QED) is 0.750. The fourth-order valence-electron chi connectivity index (χ4n) is 1.81. The first-order valence-electron chi connectivity index (χ1n) is 5.51. The Hall–Kier alpha value is -2.16. The Morgan fingerprint density at radius 3 is 2.70 bits per heavy atom. The standard InChI is InChI=1S/C11H8F3N5S/c1-5-4-6-8(16-10(15)17-9(6)20-5)19-3-2-7(18-19)11(12,13)14/h2-4H,1H3,(H2,15,16,17). The summed E-state index contributed by atoms with van der Waals surface area (Å²) in [6, 6.07) is 2.69. The van der Waals surface area contributed by atoms with Gasteiger partial charge in [0.1, 0.15) is 4.83 Å². The Balaban J connectivity index is 2.21. The fourth-order valence-corrected chi connectivity index (χ4v) is 2.69. The predicted octanol–water partition coefficient (Wildman–Crippen LogP) is 2.79. The maximum Gasteiger partial charge on any atom is 0.435 e. The van der Waals surface area contributed by atoms with Crippen LogP contribution in [0.3, 0.4) is 0 Å². The summed E-state index contributed by atoms with van der Waals surface area (Å²) in [5.74, 6) is 0.241. The number of alkyl halides is 3. The van der Waals surface area contributed by atoms with Crippen molar-refractivity contribution in [3.05, 3.63) is 28.9 Å². The van der Waals surface area contributed by atoms with Gasteiger partial charge in [-0.05, 0) is 19.1 Å². The summed E-state index contributed by atoms with van der Waals surface area (Å²) < 4.78 is 38.8. The topological polar surface area (TPSA) is 69.6 Å². The van der Waals surface area contributed by atoms with Crippen molar-refractivity contribution in [3.8, 4) is 5.82 Å². The number of nitrogen functional groups attached to an aromatic ring is 1. The van der Waals surface area contributed by atoms with E-state index in [1.165, 1.54) is 17.5 Å². The first-order chi connectivity index (χ1) is 9.34. The summed E-state index contributed by atoms with van der Waals surface area (Å²) in [5, 5.41) is 4.13. The molecule has 0 atom stereocenters. The summed E-state index contributed by atoms with van der Waals surface area (Å²) in [4.78, 5) is 9.63. The van der Waals surface area contributed by atoms with Gasteiger partial charge in [0, 0.05) is 11.1 Å². The van der Waals surface area contributed by atoms with Crippen LogP contribution < -0.4 is 5.73 Å². The van der Waals surface area contributed by atoms with Gasteiger partial charge in [0.15, 0.2) is 11.5 Å². The summed E-state index contributed by atoms with van der Waals surface area (Å²) in [7, 11) is 0. The number of nitrogens with zero attached hydrogens (tertiary/aromatic N) is 4. The van der Waals surface area contributed by atoms with E-state index in [1.54, 1.807) is 6.07 Å². The van der Waals surface area contributed by atoms with Gasteiger partial charge in [-0.2, -0.15) is 23.3 Å². The third kappa shape index (κ3) is 2.09. The van der Waals surface area contributed by atoms with Crippen LogP contribution in [0.15, 0.2) is 18.3 Å². The molecule has 9 heteroatoms. The summed E-state index contributed by atoms with van der Waals surface area (Å²) in [6.45, 7) is 1.87. The lowest BCUT2D eigenvalue weighted by Gasteiger charge is -2.04. The summed E-state index contributed by atoms with van der Waals surface area (Å²) in [5.41, 5.74) is 4.61. The van der Waals surface area contributed by atoms with Crippen LogP contribution in [0.5, 0.6) is 0 Å². The molecule has 0 aliphatic rings. The molecule has 0 bridgehead atoms. The van der Waals surface area contributed by atoms with Crippen LogP contribution in [0.1, 0.15) is 10.6 Å². The number of rotatable bonds is 1. The van der Waals surface area contributed by atoms with Gasteiger partial charge in [0.2, 0.25) is 5.95 Å². The zero-order valence-electron chi connectivity index (χ0n) is 10.1. The van der Waals surface area contributed by atoms with E-state index in [1.807, 2.05) is 6.92 Å². The minimum atomic E-state index is -4.49. The summed E-state index contributed by atoms with van der Waals surface area (Å²) >= 11 is 1.39. The zero-order valence-corrected chi connectivity index (χ0v) is 11.0. The third-order valence-electron chi connectivity index (χ3n) is 2.61. The second-order valence-corrected chi connectivity index (χ2v) is 5.36. The van der Waals surface area contributed by atoms with Crippen LogP contribution in [0.25, 0.3) is 16.0 Å². The lowest BCUT2D eigenvalue weighted by atomic mass is 10.3. The number of halogens is 3. The maximum atomic E-state index is 12.6. The number of hydrogen-bond acceptors (Lipinski definition) is 5. The second-order valence-electron chi connectivity index (χ2n) is 4.12. The first kappa shape index (κ1) is 12.9. The van der Waals surface area contributed by atoms with E-state index in [2.05, 4.69) is 15.1 Å². The largest absolute Gasteiger partial charge is 0.435 e. The zero-order chi connectivity index (χ0) is 14.5. The van der Waals surface area contributed by atoms with Crippen LogP contribution >= 0.6 is 11.3 Å². The SMILES string of the molecule is Cc1cc2c(-n3ccc(C(F)(F)F)n3)nc(N)nc2s1. The molecule has 3 aromatic heterocycles. The summed E-state index contributed by atoms with van der Waals surface area (Å²) in [6.07, 6.45) is -3.29. The van der Waals surface area contributed by atoms with Gasteiger partial charge >= 0.3 is 6.18 Å². The molecule has 0 spiro atoms. The monoisotopic (exact) mass is 299 g/mol. The molecule has 104 valence electrons. The van der Waals surface area contributed by atoms with E-state index in [9.17, 15) is 13.2 Å². The van der Waals surface area contributed by atoms with Crippen molar-refractivity contribution < 1.29 is 13.2 Å². The molecule has 0 radical (unpaired) electrons. The molecule has 3 rings (SSSR count). The van der Waals surface area contributed by atoms with Crippen molar-refractivity contribution in [1.82, 2.24) is 19.7 Å². The number of aromatic nitrogens is 4. The fraction of sp³-hybridized carbons (Fsp3) is 0.182. The Morgan fingerprint density at radius 2 is 2.05 bits per heavy atom. The van der Waals surface area contributed by atoms with Crippen molar-refractivity contribution in [2.45, 2.75) is 13.1 Å². The van der Waals surface area contributed by atoms with E-state index in [0.717, 1.165) is 15.6 Å². The molecule has 3 heterocycles. The van der Waals surface area contributed by atoms with Crippen LogP contribution in [-0.2, 0) is 6.18 Å². The van der Waals surface area contributed by atoms with Crippen molar-refractivity contribution in [2.75, 3.05) is 5.73 Å². The molecule has 3 aromatic rings. The van der Waals surface area contributed by atoms with Crippen LogP contribution in [-0.4, -0.2) is 19.7 Å². The van der Waals surface area contributed by atoms with Crippen LogP contribution in [0.2, 0.25) is 0 Å². The molecule has 0 aliphatic carbocycles. The normalized spacial score (nSPS) is 12.2. The number of nitrogens with two attached hydrogens (primary N) is 1. The van der Waals surface area contributed by atoms with Gasteiger partial charge in [-0.15, -0.1) is 11.3 Å². The Kier molecular flexibility index (Phi) is 2.68. The number of thiophene rings is 1. The smallest absolute Gasteiger partial charge is 0.368 e. The third-order valence-corrected chi connectivity index (χ3v) is 3.55. The predicted molar refractivity (Wildman–Crippen MR) is 68.7 cm³/mol. The molecule has 0 aromatic carbocycles. The average molecular weight is 299 g/mol. The van der Waals surface area contributed by atoms with E-state index in [0.29, 0.717) is 10.2 Å². The molecular formula is C11H8F3N5S. The molecule has 0 saturated heterocycles. The molecule has 5 nitrogen and oxygen atoms in total. The first-order valence-corrected chi connectivity index (χ1v) is 6.33. The number of hydrogen-bond donors (Lipinski definition) is 1. The van der Waals surface area contributed by atoms with Gasteiger partial charge in [0.25, 0.3) is 0 Å². The minimum absolute atomic E-state index is 0.00147. The highest BCUT2D eigenvalue weighted by atomic mass is 32.1. The Labute approximate surface area is 114 Å². The van der Waals surface area contributed by atoms with E-state index in [-0.39, 0.29) is 11.8 Å². The number of fused-ring (bicyclic) bond motifs is 1. The average Bonchev–Trinajstić information content (AvgIpc) is 2.92. The lowest BCUT2D eigenvalue weighted by Crippen LogP contribution is -2.08. The minimum Gasteiger partial charge on any atom is -0.368 e. The van der Waals surface area contributed by atoms with Crippen LogP contribution in [0.4, 0.5) is 19.1 Å². The Bertz CT molecular complexity index is 789. The number of aryl methyl sites for hydroxylation is 1. The molecular weight excluding hydrogens is 291 g/mol. The van der Waals surface area contributed by atoms with E-state index >= 15 is 0 Å². The molecule has 2 N–H and O–H groups in total. The molecule has 0 amide bonds. The Morgan fingerprint density at radius 1 is 1.30 bits per heavy atom. The molecule has 0 unspecified atom stereocenters. The molecule has 20 heavy (non-hydrogen) atoms. The van der Waals surface area contributed by atoms with Crippen molar-refractivity contribution >= 4 is 27.5 Å². The van der Waals surface area contributed by atoms with Crippen LogP contribution in [0, 0.1) is 6.92 Å². The van der Waals surface area contributed by atoms with Crippen molar-refractivity contribution in [1.29, 1.82) is 0 Å². The van der Waals surface area contributed by atoms with Crippen molar-refractivity contribution in [2.24, 2.45) is 0 Å². The van der Waals surface area contributed by atoms with Gasteiger partial charge in [0.05, 0.1) is 5.39 Å². The highest BCUT2D eigenvalue weighted by molar-refractivity contribution is 7.18. The molecule has 0 saturated carbocycles. The second kappa shape index (κ2) is 4.17. The van der Waals surface area contributed by atoms with Gasteiger partial charge < -0.3 is 5.73 Å². The van der Waals surface area contributed by atoms with Crippen molar-refractivity contribution in [3.63, 3.8) is 0 Å². The van der Waals surface area contributed by atoms with E-state index < -0.39 is 11.9 Å². The molecule has 0 aliphatic heterocycles. The highest BCUT2D eigenvalue weighted by Gasteiger charge is 2.33. The maximum absolute atomic E-state index is 12.6. The number of anilines is 1. The van der Waals surface area contributed by atoms with Gasteiger partial charge in [-0.3, -0.25) is 0 Å². The van der Waals surface area contributed by atoms with E-state index in [4.69, 9.17) is 5.73 Å². The van der Waals surface area contributed by atoms with Gasteiger partial charge in [-0.25, -0.2) is 9.67 Å².